The highest BCUT2D eigenvalue weighted by Gasteiger charge is 2.33. The lowest BCUT2D eigenvalue weighted by atomic mass is 9.96. The van der Waals surface area contributed by atoms with Crippen LogP contribution in [0.1, 0.15) is 12.8 Å². The topological polar surface area (TPSA) is 20.3 Å². The van der Waals surface area contributed by atoms with E-state index in [2.05, 4.69) is 24.8 Å². The van der Waals surface area contributed by atoms with Crippen molar-refractivity contribution in [1.29, 1.82) is 0 Å². The fraction of sp³-hybridized carbons (Fsp3) is 0.417. The second-order valence-electron chi connectivity index (χ2n) is 3.79. The van der Waals surface area contributed by atoms with E-state index in [0.29, 0.717) is 18.4 Å². The van der Waals surface area contributed by atoms with Gasteiger partial charge in [0.2, 0.25) is 5.91 Å². The zero-order chi connectivity index (χ0) is 9.97. The monoisotopic (exact) mass is 189 g/mol. The van der Waals surface area contributed by atoms with E-state index in [1.807, 2.05) is 11.0 Å². The van der Waals surface area contributed by atoms with Crippen LogP contribution in [0.25, 0.3) is 0 Å². The quantitative estimate of drug-likeness (QED) is 0.608. The Morgan fingerprint density at radius 3 is 3.07 bits per heavy atom. The zero-order valence-electron chi connectivity index (χ0n) is 8.23. The molecule has 1 amide bonds. The van der Waals surface area contributed by atoms with Crippen molar-refractivity contribution in [2.75, 3.05) is 6.54 Å². The number of allylic oxidation sites excluding steroid dienone is 2. The Morgan fingerprint density at radius 1 is 1.50 bits per heavy atom. The maximum absolute atomic E-state index is 11.7. The number of rotatable bonds is 2. The summed E-state index contributed by atoms with van der Waals surface area (Å²) in [5.41, 5.74) is 0. The number of hydrogen-bond donors (Lipinski definition) is 0. The highest BCUT2D eigenvalue weighted by molar-refractivity contribution is 5.78. The smallest absolute Gasteiger partial charge is 0.226 e. The summed E-state index contributed by atoms with van der Waals surface area (Å²) in [4.78, 5) is 13.7. The van der Waals surface area contributed by atoms with Crippen LogP contribution in [0.2, 0.25) is 0 Å². The fourth-order valence-electron chi connectivity index (χ4n) is 2.21. The summed E-state index contributed by atoms with van der Waals surface area (Å²) in [6.07, 6.45) is 11.7. The first-order valence-electron chi connectivity index (χ1n) is 5.08. The predicted molar refractivity (Wildman–Crippen MR) is 56.7 cm³/mol. The molecule has 0 radical (unpaired) electrons. The van der Waals surface area contributed by atoms with E-state index in [0.717, 1.165) is 13.0 Å². The summed E-state index contributed by atoms with van der Waals surface area (Å²) in [5, 5.41) is 0. The Labute approximate surface area is 84.6 Å². The van der Waals surface area contributed by atoms with Gasteiger partial charge in [0.25, 0.3) is 0 Å². The van der Waals surface area contributed by atoms with E-state index in [9.17, 15) is 4.79 Å². The van der Waals surface area contributed by atoms with Crippen molar-refractivity contribution in [2.24, 2.45) is 5.92 Å². The van der Waals surface area contributed by atoms with E-state index >= 15 is 0 Å². The van der Waals surface area contributed by atoms with Gasteiger partial charge in [-0.15, -0.1) is 6.58 Å². The minimum atomic E-state index is 0.201. The van der Waals surface area contributed by atoms with Gasteiger partial charge in [-0.05, 0) is 6.42 Å². The van der Waals surface area contributed by atoms with E-state index in [1.165, 1.54) is 0 Å². The van der Waals surface area contributed by atoms with Gasteiger partial charge in [-0.3, -0.25) is 4.79 Å². The average molecular weight is 189 g/mol. The second kappa shape index (κ2) is 3.82. The van der Waals surface area contributed by atoms with Crippen LogP contribution in [0.3, 0.4) is 0 Å². The minimum Gasteiger partial charge on any atom is -0.335 e. The number of hydrogen-bond acceptors (Lipinski definition) is 1. The Kier molecular flexibility index (Phi) is 2.53. The maximum atomic E-state index is 11.7. The minimum absolute atomic E-state index is 0.201. The van der Waals surface area contributed by atoms with Gasteiger partial charge >= 0.3 is 0 Å². The Bertz CT molecular complexity index is 303. The van der Waals surface area contributed by atoms with Gasteiger partial charge in [0, 0.05) is 18.9 Å². The molecule has 0 aromatic carbocycles. The van der Waals surface area contributed by atoms with Crippen molar-refractivity contribution in [3.05, 3.63) is 37.0 Å². The van der Waals surface area contributed by atoms with Crippen LogP contribution >= 0.6 is 0 Å². The predicted octanol–water partition coefficient (Wildman–Crippen LogP) is 1.91. The lowest BCUT2D eigenvalue weighted by Crippen LogP contribution is -2.36. The summed E-state index contributed by atoms with van der Waals surface area (Å²) in [6, 6.07) is 0.299. The number of carbonyl (C=O) groups excluding carboxylic acids is 1. The molecule has 74 valence electrons. The molecule has 1 saturated heterocycles. The van der Waals surface area contributed by atoms with E-state index in [4.69, 9.17) is 0 Å². The Morgan fingerprint density at radius 2 is 2.29 bits per heavy atom. The molecule has 1 aliphatic carbocycles. The third kappa shape index (κ3) is 1.52. The van der Waals surface area contributed by atoms with Gasteiger partial charge in [0.05, 0.1) is 6.04 Å². The molecule has 2 rings (SSSR count). The number of likely N-dealkylation sites (tertiary alicyclic amines) is 1. The van der Waals surface area contributed by atoms with Crippen LogP contribution in [0.4, 0.5) is 0 Å². The van der Waals surface area contributed by atoms with Crippen LogP contribution in [0.15, 0.2) is 37.0 Å². The zero-order valence-corrected chi connectivity index (χ0v) is 8.23. The normalized spacial score (nSPS) is 29.0. The van der Waals surface area contributed by atoms with Crippen molar-refractivity contribution >= 4 is 5.91 Å². The fourth-order valence-corrected chi connectivity index (χ4v) is 2.21. The summed E-state index contributed by atoms with van der Waals surface area (Å²) < 4.78 is 0. The molecule has 2 aliphatic rings. The highest BCUT2D eigenvalue weighted by Crippen LogP contribution is 2.29. The number of fused-ring (bicyclic) bond motifs is 1. The van der Waals surface area contributed by atoms with Crippen molar-refractivity contribution in [3.63, 3.8) is 0 Å². The highest BCUT2D eigenvalue weighted by atomic mass is 16.2. The molecule has 2 heteroatoms. The molecule has 1 heterocycles. The van der Waals surface area contributed by atoms with Gasteiger partial charge < -0.3 is 4.90 Å². The van der Waals surface area contributed by atoms with Gasteiger partial charge in [0.15, 0.2) is 0 Å². The molecule has 1 fully saturated rings. The van der Waals surface area contributed by atoms with Crippen LogP contribution < -0.4 is 0 Å². The first-order valence-corrected chi connectivity index (χ1v) is 5.08. The summed E-state index contributed by atoms with van der Waals surface area (Å²) in [5.74, 6) is 0.737. The molecular formula is C12H15NO. The SMILES string of the molecule is C=CCC(=O)N1CCC2C=CC=CC21. The van der Waals surface area contributed by atoms with E-state index in [-0.39, 0.29) is 5.91 Å². The molecule has 0 saturated carbocycles. The van der Waals surface area contributed by atoms with Crippen LogP contribution in [-0.2, 0) is 4.79 Å². The molecule has 0 N–H and O–H groups in total. The Hall–Kier alpha value is -1.31. The first kappa shape index (κ1) is 9.25. The average Bonchev–Trinajstić information content (AvgIpc) is 2.61. The summed E-state index contributed by atoms with van der Waals surface area (Å²) in [6.45, 7) is 4.48. The maximum Gasteiger partial charge on any atom is 0.226 e. The lowest BCUT2D eigenvalue weighted by Gasteiger charge is -2.25. The molecule has 1 aliphatic heterocycles. The third-order valence-electron chi connectivity index (χ3n) is 2.92. The molecule has 2 nitrogen and oxygen atoms in total. The molecule has 0 aromatic rings. The molecule has 0 aromatic heterocycles. The van der Waals surface area contributed by atoms with Crippen LogP contribution in [-0.4, -0.2) is 23.4 Å². The standard InChI is InChI=1S/C12H15NO/c1-2-5-12(14)13-9-8-10-6-3-4-7-11(10)13/h2-4,6-7,10-11H,1,5,8-9H2. The van der Waals surface area contributed by atoms with Gasteiger partial charge in [-0.25, -0.2) is 0 Å². The van der Waals surface area contributed by atoms with Crippen molar-refractivity contribution < 1.29 is 4.79 Å². The molecule has 14 heavy (non-hydrogen) atoms. The first-order chi connectivity index (χ1) is 6.83. The third-order valence-corrected chi connectivity index (χ3v) is 2.92. The largest absolute Gasteiger partial charge is 0.335 e. The van der Waals surface area contributed by atoms with Crippen molar-refractivity contribution in [1.82, 2.24) is 4.90 Å². The molecule has 0 bridgehead atoms. The van der Waals surface area contributed by atoms with E-state index in [1.54, 1.807) is 6.08 Å². The van der Waals surface area contributed by atoms with Crippen LogP contribution in [0.5, 0.6) is 0 Å². The van der Waals surface area contributed by atoms with Gasteiger partial charge in [-0.2, -0.15) is 0 Å². The van der Waals surface area contributed by atoms with Crippen molar-refractivity contribution in [3.8, 4) is 0 Å². The van der Waals surface area contributed by atoms with E-state index < -0.39 is 0 Å². The van der Waals surface area contributed by atoms with Gasteiger partial charge in [-0.1, -0.05) is 30.4 Å². The molecule has 2 unspecified atom stereocenters. The van der Waals surface area contributed by atoms with Crippen LogP contribution in [0, 0.1) is 5.92 Å². The molecular weight excluding hydrogens is 174 g/mol. The Balaban J connectivity index is 2.08. The van der Waals surface area contributed by atoms with Gasteiger partial charge in [0.1, 0.15) is 0 Å². The summed E-state index contributed by atoms with van der Waals surface area (Å²) >= 11 is 0. The molecule has 2 atom stereocenters. The lowest BCUT2D eigenvalue weighted by molar-refractivity contribution is -0.130. The number of amides is 1. The number of carbonyl (C=O) groups is 1. The molecule has 0 spiro atoms. The number of nitrogens with zero attached hydrogens (tertiary/aromatic N) is 1. The van der Waals surface area contributed by atoms with Crippen molar-refractivity contribution in [2.45, 2.75) is 18.9 Å². The summed E-state index contributed by atoms with van der Waals surface area (Å²) in [7, 11) is 0. The second-order valence-corrected chi connectivity index (χ2v) is 3.79.